The quantitative estimate of drug-likeness (QED) is 0.812. The van der Waals surface area contributed by atoms with E-state index in [4.69, 9.17) is 23.2 Å². The fourth-order valence-corrected chi connectivity index (χ4v) is 2.51. The summed E-state index contributed by atoms with van der Waals surface area (Å²) in [6.45, 7) is 0. The number of benzene rings is 2. The lowest BCUT2D eigenvalue weighted by Gasteiger charge is -2.05. The van der Waals surface area contributed by atoms with Gasteiger partial charge in [-0.15, -0.1) is 0 Å². The predicted molar refractivity (Wildman–Crippen MR) is 87.9 cm³/mol. The van der Waals surface area contributed by atoms with Crippen LogP contribution in [-0.2, 0) is 17.6 Å². The summed E-state index contributed by atoms with van der Waals surface area (Å²) in [5.74, 6) is 0.232. The van der Waals surface area contributed by atoms with Crippen LogP contribution < -0.4 is 0 Å². The van der Waals surface area contributed by atoms with E-state index in [1.165, 1.54) is 12.1 Å². The maximum absolute atomic E-state index is 11.9. The average molecular weight is 339 g/mol. The van der Waals surface area contributed by atoms with Crippen molar-refractivity contribution in [3.05, 3.63) is 57.6 Å². The first-order valence-corrected chi connectivity index (χ1v) is 7.68. The van der Waals surface area contributed by atoms with Crippen LogP contribution in [0.25, 0.3) is 0 Å². The summed E-state index contributed by atoms with van der Waals surface area (Å²) >= 11 is 11.7. The average Bonchev–Trinajstić information content (AvgIpc) is 2.49. The fraction of sp³-hybridized carbons (Fsp3) is 0.235. The second kappa shape index (κ2) is 7.52. The largest absolute Gasteiger partial charge is 0.506 e. The van der Waals surface area contributed by atoms with Crippen molar-refractivity contribution in [2.24, 2.45) is 0 Å². The summed E-state index contributed by atoms with van der Waals surface area (Å²) < 4.78 is 0. The van der Waals surface area contributed by atoms with Gasteiger partial charge in [0, 0.05) is 12.8 Å². The van der Waals surface area contributed by atoms with E-state index >= 15 is 0 Å². The first-order chi connectivity index (χ1) is 10.5. The summed E-state index contributed by atoms with van der Waals surface area (Å²) in [5.41, 5.74) is 1.84. The van der Waals surface area contributed by atoms with Crippen molar-refractivity contribution < 1.29 is 15.0 Å². The summed E-state index contributed by atoms with van der Waals surface area (Å²) in [7, 11) is 0. The highest BCUT2D eigenvalue weighted by molar-refractivity contribution is 6.32. The minimum absolute atomic E-state index is 0.0425. The van der Waals surface area contributed by atoms with Crippen LogP contribution in [0.1, 0.15) is 24.0 Å². The number of ketones is 1. The predicted octanol–water partition coefficient (Wildman–Crippen LogP) is 4.54. The van der Waals surface area contributed by atoms with Crippen LogP contribution >= 0.6 is 23.2 Å². The van der Waals surface area contributed by atoms with Gasteiger partial charge in [0.2, 0.25) is 0 Å². The molecule has 2 aromatic rings. The summed E-state index contributed by atoms with van der Waals surface area (Å²) in [6, 6.07) is 9.91. The minimum atomic E-state index is 0.0425. The molecule has 0 aliphatic carbocycles. The smallest absolute Gasteiger partial charge is 0.134 e. The van der Waals surface area contributed by atoms with E-state index in [0.29, 0.717) is 35.7 Å². The van der Waals surface area contributed by atoms with E-state index in [-0.39, 0.29) is 17.3 Å². The van der Waals surface area contributed by atoms with Crippen LogP contribution in [-0.4, -0.2) is 16.0 Å². The van der Waals surface area contributed by atoms with Gasteiger partial charge in [-0.2, -0.15) is 0 Å². The molecule has 22 heavy (non-hydrogen) atoms. The zero-order valence-electron chi connectivity index (χ0n) is 11.9. The van der Waals surface area contributed by atoms with Crippen LogP contribution in [0.3, 0.4) is 0 Å². The van der Waals surface area contributed by atoms with Gasteiger partial charge in [-0.25, -0.2) is 0 Å². The molecular formula is C17H16Cl2O3. The number of halogens is 2. The van der Waals surface area contributed by atoms with Crippen molar-refractivity contribution in [3.8, 4) is 11.5 Å². The molecule has 116 valence electrons. The highest BCUT2D eigenvalue weighted by Crippen LogP contribution is 2.25. The first kappa shape index (κ1) is 16.7. The summed E-state index contributed by atoms with van der Waals surface area (Å²) in [6.07, 6.45) is 2.03. The molecule has 0 aliphatic rings. The van der Waals surface area contributed by atoms with E-state index in [1.807, 2.05) is 0 Å². The molecule has 0 aromatic heterocycles. The number of aromatic hydroxyl groups is 2. The summed E-state index contributed by atoms with van der Waals surface area (Å²) in [5, 5.41) is 19.3. The van der Waals surface area contributed by atoms with Crippen LogP contribution in [0, 0.1) is 0 Å². The van der Waals surface area contributed by atoms with E-state index in [9.17, 15) is 15.0 Å². The molecule has 2 N–H and O–H groups in total. The molecule has 0 heterocycles. The lowest BCUT2D eigenvalue weighted by Crippen LogP contribution is -2.02. The SMILES string of the molecule is O=C(CCc1ccc(O)c(Cl)c1)CCc1ccc(O)c(Cl)c1. The van der Waals surface area contributed by atoms with Crippen LogP contribution in [0.15, 0.2) is 36.4 Å². The Morgan fingerprint density at radius 2 is 1.23 bits per heavy atom. The Balaban J connectivity index is 1.82. The topological polar surface area (TPSA) is 57.5 Å². The Morgan fingerprint density at radius 1 is 0.818 bits per heavy atom. The molecule has 2 aromatic carbocycles. The number of Topliss-reactive ketones (excluding diaryl/α,β-unsaturated/α-hetero) is 1. The van der Waals surface area contributed by atoms with Crippen molar-refractivity contribution in [1.82, 2.24) is 0 Å². The lowest BCUT2D eigenvalue weighted by atomic mass is 10.0. The molecule has 0 spiro atoms. The molecule has 0 saturated carbocycles. The Kier molecular flexibility index (Phi) is 5.69. The molecule has 0 unspecified atom stereocenters. The lowest BCUT2D eigenvalue weighted by molar-refractivity contribution is -0.119. The maximum atomic E-state index is 11.9. The maximum Gasteiger partial charge on any atom is 0.134 e. The molecular weight excluding hydrogens is 323 g/mol. The standard InChI is InChI=1S/C17H16Cl2O3/c18-14-9-11(3-7-16(14)21)1-5-13(20)6-2-12-4-8-17(22)15(19)10-12/h3-4,7-10,21-22H,1-2,5-6H2. The molecule has 5 heteroatoms. The van der Waals surface area contributed by atoms with E-state index in [1.54, 1.807) is 24.3 Å². The van der Waals surface area contributed by atoms with Gasteiger partial charge in [-0.05, 0) is 48.2 Å². The van der Waals surface area contributed by atoms with E-state index in [0.717, 1.165) is 11.1 Å². The van der Waals surface area contributed by atoms with Crippen molar-refractivity contribution in [1.29, 1.82) is 0 Å². The van der Waals surface area contributed by atoms with Crippen molar-refractivity contribution in [2.75, 3.05) is 0 Å². The number of phenolic OH excluding ortho intramolecular Hbond substituents is 2. The zero-order valence-corrected chi connectivity index (χ0v) is 13.4. The summed E-state index contributed by atoms with van der Waals surface area (Å²) in [4.78, 5) is 11.9. The monoisotopic (exact) mass is 338 g/mol. The number of hydrogen-bond acceptors (Lipinski definition) is 3. The third kappa shape index (κ3) is 4.65. The van der Waals surface area contributed by atoms with Gasteiger partial charge >= 0.3 is 0 Å². The van der Waals surface area contributed by atoms with Crippen LogP contribution in [0.5, 0.6) is 11.5 Å². The Bertz CT molecular complexity index is 626. The van der Waals surface area contributed by atoms with Crippen molar-refractivity contribution in [3.63, 3.8) is 0 Å². The highest BCUT2D eigenvalue weighted by atomic mass is 35.5. The number of rotatable bonds is 6. The molecule has 0 saturated heterocycles. The second-order valence-electron chi connectivity index (χ2n) is 5.11. The van der Waals surface area contributed by atoms with Crippen molar-refractivity contribution >= 4 is 29.0 Å². The Morgan fingerprint density at radius 3 is 1.59 bits per heavy atom. The number of hydrogen-bond donors (Lipinski definition) is 2. The zero-order chi connectivity index (χ0) is 16.1. The molecule has 0 aliphatic heterocycles. The molecule has 3 nitrogen and oxygen atoms in total. The van der Waals surface area contributed by atoms with Crippen LogP contribution in [0.2, 0.25) is 10.0 Å². The van der Waals surface area contributed by atoms with Gasteiger partial charge in [-0.1, -0.05) is 35.3 Å². The first-order valence-electron chi connectivity index (χ1n) is 6.92. The third-order valence-electron chi connectivity index (χ3n) is 3.41. The molecule has 0 atom stereocenters. The van der Waals surface area contributed by atoms with Gasteiger partial charge in [0.1, 0.15) is 17.3 Å². The van der Waals surface area contributed by atoms with Gasteiger partial charge in [-0.3, -0.25) is 4.79 Å². The van der Waals surface area contributed by atoms with Crippen LogP contribution in [0.4, 0.5) is 0 Å². The number of aryl methyl sites for hydroxylation is 2. The second-order valence-corrected chi connectivity index (χ2v) is 5.92. The van der Waals surface area contributed by atoms with Gasteiger partial charge < -0.3 is 10.2 Å². The van der Waals surface area contributed by atoms with Gasteiger partial charge in [0.15, 0.2) is 0 Å². The Labute approximate surface area is 139 Å². The fourth-order valence-electron chi connectivity index (χ4n) is 2.10. The van der Waals surface area contributed by atoms with E-state index < -0.39 is 0 Å². The third-order valence-corrected chi connectivity index (χ3v) is 4.01. The normalized spacial score (nSPS) is 10.6. The van der Waals surface area contributed by atoms with Gasteiger partial charge in [0.05, 0.1) is 10.0 Å². The highest BCUT2D eigenvalue weighted by Gasteiger charge is 2.07. The molecule has 0 radical (unpaired) electrons. The molecule has 2 rings (SSSR count). The number of phenols is 2. The Hall–Kier alpha value is -1.71. The molecule has 0 fully saturated rings. The van der Waals surface area contributed by atoms with E-state index in [2.05, 4.69) is 0 Å². The minimum Gasteiger partial charge on any atom is -0.506 e. The number of carbonyl (C=O) groups excluding carboxylic acids is 1. The molecule has 0 bridgehead atoms. The molecule has 0 amide bonds. The van der Waals surface area contributed by atoms with Gasteiger partial charge in [0.25, 0.3) is 0 Å². The number of carbonyl (C=O) groups is 1. The van der Waals surface area contributed by atoms with Crippen molar-refractivity contribution in [2.45, 2.75) is 25.7 Å².